The fraction of sp³-hybridized carbons (Fsp3) is 0.517. The lowest BCUT2D eigenvalue weighted by molar-refractivity contribution is -0.148. The normalized spacial score (nSPS) is 21.1. The van der Waals surface area contributed by atoms with Crippen LogP contribution >= 0.6 is 45.9 Å². The summed E-state index contributed by atoms with van der Waals surface area (Å²) in [5.41, 5.74) is 1.24. The van der Waals surface area contributed by atoms with Crippen molar-refractivity contribution in [3.8, 4) is 10.6 Å². The van der Waals surface area contributed by atoms with Gasteiger partial charge in [-0.2, -0.15) is 0 Å². The zero-order chi connectivity index (χ0) is 28.5. The maximum absolute atomic E-state index is 13.3. The maximum atomic E-state index is 13.3. The summed E-state index contributed by atoms with van der Waals surface area (Å²) in [6.45, 7) is 5.57. The molecular formula is C29H33Cl2N5O3S2. The number of rotatable bonds is 7. The van der Waals surface area contributed by atoms with Gasteiger partial charge in [-0.05, 0) is 56.6 Å². The summed E-state index contributed by atoms with van der Waals surface area (Å²) in [6, 6.07) is 3.59. The molecule has 0 spiro atoms. The highest BCUT2D eigenvalue weighted by atomic mass is 35.5. The number of halogens is 2. The van der Waals surface area contributed by atoms with Gasteiger partial charge in [0.05, 0.1) is 33.0 Å². The molecule has 1 aliphatic carbocycles. The number of esters is 1. The van der Waals surface area contributed by atoms with Gasteiger partial charge < -0.3 is 14.5 Å². The molecule has 2 unspecified atom stereocenters. The Kier molecular flexibility index (Phi) is 8.72. The number of aromatic nitrogens is 2. The molecule has 218 valence electrons. The Morgan fingerprint density at radius 2 is 1.80 bits per heavy atom. The van der Waals surface area contributed by atoms with Gasteiger partial charge in [-0.1, -0.05) is 47.4 Å². The summed E-state index contributed by atoms with van der Waals surface area (Å²) >= 11 is 16.0. The molecule has 2 atom stereocenters. The number of amides is 1. The Balaban J connectivity index is 1.16. The van der Waals surface area contributed by atoms with E-state index in [0.29, 0.717) is 59.1 Å². The first kappa shape index (κ1) is 28.7. The number of thiazole rings is 1. The Morgan fingerprint density at radius 1 is 1.07 bits per heavy atom. The fourth-order valence-electron chi connectivity index (χ4n) is 6.29. The van der Waals surface area contributed by atoms with Gasteiger partial charge in [-0.15, -0.1) is 11.3 Å². The van der Waals surface area contributed by atoms with Gasteiger partial charge in [0.25, 0.3) is 5.91 Å². The molecule has 3 aromatic heterocycles. The third kappa shape index (κ3) is 6.21. The molecule has 2 aliphatic heterocycles. The molecule has 0 bridgehead atoms. The predicted octanol–water partition coefficient (Wildman–Crippen LogP) is 7.23. The number of carbonyl (C=O) groups is 2. The number of piperidine rings is 1. The SMILES string of the molecule is CCOC(=O)C1CCN(c2ncc(C(=O)Nc3nc(-c4cc(Cl)cs4)c(N4CC5CCCCC5C4)s3)cc2Cl)CC1. The summed E-state index contributed by atoms with van der Waals surface area (Å²) in [4.78, 5) is 40.3. The van der Waals surface area contributed by atoms with Crippen LogP contribution in [0.25, 0.3) is 10.6 Å². The van der Waals surface area contributed by atoms with E-state index in [9.17, 15) is 9.59 Å². The number of fused-ring (bicyclic) bond motifs is 1. The van der Waals surface area contributed by atoms with E-state index in [1.807, 2.05) is 18.4 Å². The van der Waals surface area contributed by atoms with Crippen LogP contribution in [0.4, 0.5) is 16.0 Å². The van der Waals surface area contributed by atoms with Gasteiger partial charge in [0, 0.05) is 37.8 Å². The van der Waals surface area contributed by atoms with Crippen molar-refractivity contribution in [1.29, 1.82) is 0 Å². The second-order valence-electron chi connectivity index (χ2n) is 11.0. The topological polar surface area (TPSA) is 87.7 Å². The molecule has 8 nitrogen and oxygen atoms in total. The summed E-state index contributed by atoms with van der Waals surface area (Å²) < 4.78 is 5.17. The smallest absolute Gasteiger partial charge is 0.309 e. The number of hydrogen-bond acceptors (Lipinski definition) is 9. The molecular weight excluding hydrogens is 601 g/mol. The molecule has 2 saturated heterocycles. The molecule has 6 rings (SSSR count). The number of nitrogens with one attached hydrogen (secondary N) is 1. The number of carbonyl (C=O) groups excluding carboxylic acids is 2. The van der Waals surface area contributed by atoms with E-state index in [2.05, 4.69) is 20.1 Å². The van der Waals surface area contributed by atoms with Crippen molar-refractivity contribution in [1.82, 2.24) is 9.97 Å². The lowest BCUT2D eigenvalue weighted by Gasteiger charge is -2.32. The average Bonchev–Trinajstić information content (AvgIpc) is 3.71. The van der Waals surface area contributed by atoms with Crippen molar-refractivity contribution in [2.24, 2.45) is 17.8 Å². The van der Waals surface area contributed by atoms with Crippen LogP contribution in [0, 0.1) is 17.8 Å². The second kappa shape index (κ2) is 12.5. The van der Waals surface area contributed by atoms with Crippen molar-refractivity contribution in [3.63, 3.8) is 0 Å². The van der Waals surface area contributed by atoms with Crippen molar-refractivity contribution >= 4 is 73.7 Å². The minimum absolute atomic E-state index is 0.0992. The Bertz CT molecular complexity index is 1410. The first-order chi connectivity index (χ1) is 19.9. The molecule has 3 aromatic rings. The highest BCUT2D eigenvalue weighted by Crippen LogP contribution is 2.46. The molecule has 0 radical (unpaired) electrons. The number of pyridine rings is 1. The summed E-state index contributed by atoms with van der Waals surface area (Å²) in [7, 11) is 0. The third-order valence-corrected chi connectivity index (χ3v) is 11.0. The van der Waals surface area contributed by atoms with Gasteiger partial charge in [-0.25, -0.2) is 9.97 Å². The van der Waals surface area contributed by atoms with E-state index in [1.54, 1.807) is 23.6 Å². The standard InChI is InChI=1S/C29H33Cl2N5O3S2/c1-2-39-28(38)17-7-9-35(10-8-17)25-22(31)11-20(13-32-25)26(37)34-29-33-24(23-12-21(30)16-40-23)27(41-29)36-14-18-5-3-4-6-19(18)15-36/h11-13,16-19H,2-10,14-15H2,1H3,(H,33,34,37). The first-order valence-electron chi connectivity index (χ1n) is 14.3. The molecule has 0 aromatic carbocycles. The Morgan fingerprint density at radius 3 is 2.44 bits per heavy atom. The molecule has 3 aliphatic rings. The van der Waals surface area contributed by atoms with E-state index >= 15 is 0 Å². The minimum Gasteiger partial charge on any atom is -0.466 e. The fourth-order valence-corrected chi connectivity index (χ4v) is 8.70. The third-order valence-electron chi connectivity index (χ3n) is 8.39. The van der Waals surface area contributed by atoms with Crippen LogP contribution in [0.1, 0.15) is 55.8 Å². The van der Waals surface area contributed by atoms with Gasteiger partial charge in [0.2, 0.25) is 0 Å². The number of ether oxygens (including phenoxy) is 1. The van der Waals surface area contributed by atoms with Gasteiger partial charge >= 0.3 is 5.97 Å². The van der Waals surface area contributed by atoms with Crippen LogP contribution in [0.2, 0.25) is 10.0 Å². The average molecular weight is 635 g/mol. The van der Waals surface area contributed by atoms with Crippen LogP contribution in [0.3, 0.4) is 0 Å². The van der Waals surface area contributed by atoms with Crippen LogP contribution in [0.15, 0.2) is 23.7 Å². The Labute approximate surface area is 258 Å². The predicted molar refractivity (Wildman–Crippen MR) is 167 cm³/mol. The highest BCUT2D eigenvalue weighted by Gasteiger charge is 2.36. The zero-order valence-corrected chi connectivity index (χ0v) is 26.1. The van der Waals surface area contributed by atoms with E-state index in [1.165, 1.54) is 37.0 Å². The molecule has 5 heterocycles. The largest absolute Gasteiger partial charge is 0.466 e. The van der Waals surface area contributed by atoms with Gasteiger partial charge in [-0.3, -0.25) is 14.9 Å². The van der Waals surface area contributed by atoms with E-state index in [-0.39, 0.29) is 17.8 Å². The maximum Gasteiger partial charge on any atom is 0.309 e. The number of hydrogen-bond donors (Lipinski definition) is 1. The number of nitrogens with zero attached hydrogens (tertiary/aromatic N) is 4. The van der Waals surface area contributed by atoms with Crippen LogP contribution in [0.5, 0.6) is 0 Å². The number of thiophene rings is 1. The van der Waals surface area contributed by atoms with Gasteiger partial charge in [0.1, 0.15) is 16.5 Å². The molecule has 1 saturated carbocycles. The van der Waals surface area contributed by atoms with Crippen molar-refractivity contribution in [2.75, 3.05) is 47.9 Å². The van der Waals surface area contributed by atoms with Crippen LogP contribution in [-0.2, 0) is 9.53 Å². The van der Waals surface area contributed by atoms with Crippen molar-refractivity contribution < 1.29 is 14.3 Å². The van der Waals surface area contributed by atoms with Gasteiger partial charge in [0.15, 0.2) is 5.13 Å². The van der Waals surface area contributed by atoms with Crippen LogP contribution in [-0.4, -0.2) is 54.6 Å². The monoisotopic (exact) mass is 633 g/mol. The summed E-state index contributed by atoms with van der Waals surface area (Å²) in [6.07, 6.45) is 8.12. The highest BCUT2D eigenvalue weighted by molar-refractivity contribution is 7.21. The van der Waals surface area contributed by atoms with Crippen molar-refractivity contribution in [3.05, 3.63) is 39.3 Å². The van der Waals surface area contributed by atoms with Crippen molar-refractivity contribution in [2.45, 2.75) is 45.4 Å². The molecule has 41 heavy (non-hydrogen) atoms. The lowest BCUT2D eigenvalue weighted by Crippen LogP contribution is -2.37. The molecule has 12 heteroatoms. The van der Waals surface area contributed by atoms with E-state index in [4.69, 9.17) is 32.9 Å². The molecule has 1 N–H and O–H groups in total. The number of anilines is 3. The second-order valence-corrected chi connectivity index (χ2v) is 13.7. The molecule has 3 fully saturated rings. The minimum atomic E-state index is -0.307. The molecule has 1 amide bonds. The summed E-state index contributed by atoms with van der Waals surface area (Å²) in [5.74, 6) is 1.53. The van der Waals surface area contributed by atoms with E-state index in [0.717, 1.165) is 40.5 Å². The first-order valence-corrected chi connectivity index (χ1v) is 16.7. The quantitative estimate of drug-likeness (QED) is 0.275. The lowest BCUT2D eigenvalue weighted by atomic mass is 9.82. The Hall–Kier alpha value is -2.40. The zero-order valence-electron chi connectivity index (χ0n) is 22.9. The summed E-state index contributed by atoms with van der Waals surface area (Å²) in [5, 5.41) is 7.63. The van der Waals surface area contributed by atoms with E-state index < -0.39 is 0 Å². The van der Waals surface area contributed by atoms with Crippen LogP contribution < -0.4 is 15.1 Å².